The molecule has 0 saturated carbocycles. The SMILES string of the molecule is Cc1cccc(C2=NC3(CCN(C(=O)c4ccc(C(C)(C)C)cc4)CC3)NC2=O)c1. The maximum absolute atomic E-state index is 13.0. The van der Waals surface area contributed by atoms with Gasteiger partial charge in [0, 0.05) is 37.1 Å². The highest BCUT2D eigenvalue weighted by atomic mass is 16.2. The Balaban J connectivity index is 1.46. The molecule has 2 aromatic carbocycles. The van der Waals surface area contributed by atoms with Crippen molar-refractivity contribution in [2.45, 2.75) is 51.6 Å². The Kier molecular flexibility index (Phi) is 5.00. The van der Waals surface area contributed by atoms with Gasteiger partial charge in [0.25, 0.3) is 11.8 Å². The minimum atomic E-state index is -0.594. The second-order valence-electron chi connectivity index (χ2n) is 9.44. The molecule has 5 nitrogen and oxygen atoms in total. The minimum absolute atomic E-state index is 0.0394. The van der Waals surface area contributed by atoms with E-state index in [1.165, 1.54) is 5.56 Å². The zero-order chi connectivity index (χ0) is 21.5. The smallest absolute Gasteiger partial charge is 0.272 e. The number of carbonyl (C=O) groups is 2. The van der Waals surface area contributed by atoms with Crippen LogP contribution in [-0.4, -0.2) is 41.2 Å². The molecule has 0 radical (unpaired) electrons. The summed E-state index contributed by atoms with van der Waals surface area (Å²) in [6.07, 6.45) is 1.25. The average Bonchev–Trinajstić information content (AvgIpc) is 3.03. The molecule has 0 aliphatic carbocycles. The molecule has 156 valence electrons. The maximum Gasteiger partial charge on any atom is 0.272 e. The molecule has 4 rings (SSSR count). The van der Waals surface area contributed by atoms with Crippen LogP contribution in [0.5, 0.6) is 0 Å². The van der Waals surface area contributed by atoms with Gasteiger partial charge in [0.1, 0.15) is 11.4 Å². The van der Waals surface area contributed by atoms with Gasteiger partial charge >= 0.3 is 0 Å². The van der Waals surface area contributed by atoms with Crippen molar-refractivity contribution in [2.75, 3.05) is 13.1 Å². The van der Waals surface area contributed by atoms with Crippen LogP contribution in [0.25, 0.3) is 0 Å². The van der Waals surface area contributed by atoms with Crippen molar-refractivity contribution in [3.05, 3.63) is 70.8 Å². The van der Waals surface area contributed by atoms with Crippen molar-refractivity contribution in [1.29, 1.82) is 0 Å². The first-order valence-corrected chi connectivity index (χ1v) is 10.6. The standard InChI is InChI=1S/C25H29N3O2/c1-17-6-5-7-19(16-17)21-22(29)27-25(26-21)12-14-28(15-13-25)23(30)18-8-10-20(11-9-18)24(2,3)4/h5-11,16H,12-15H2,1-4H3,(H,27,29). The molecule has 2 aromatic rings. The van der Waals surface area contributed by atoms with Gasteiger partial charge in [0.05, 0.1) is 0 Å². The number of hydrogen-bond acceptors (Lipinski definition) is 3. The van der Waals surface area contributed by atoms with Gasteiger partial charge in [0.15, 0.2) is 0 Å². The highest BCUT2D eigenvalue weighted by molar-refractivity contribution is 6.46. The monoisotopic (exact) mass is 403 g/mol. The van der Waals surface area contributed by atoms with Crippen molar-refractivity contribution < 1.29 is 9.59 Å². The van der Waals surface area contributed by atoms with Crippen LogP contribution in [0, 0.1) is 6.92 Å². The molecule has 30 heavy (non-hydrogen) atoms. The van der Waals surface area contributed by atoms with Crippen molar-refractivity contribution in [3.8, 4) is 0 Å². The molecule has 1 spiro atoms. The second-order valence-corrected chi connectivity index (χ2v) is 9.44. The molecule has 5 heteroatoms. The molecular formula is C25H29N3O2. The molecule has 0 bridgehead atoms. The largest absolute Gasteiger partial charge is 0.338 e. The lowest BCUT2D eigenvalue weighted by Gasteiger charge is -2.37. The van der Waals surface area contributed by atoms with Crippen LogP contribution >= 0.6 is 0 Å². The zero-order valence-electron chi connectivity index (χ0n) is 18.2. The molecule has 0 atom stereocenters. The van der Waals surface area contributed by atoms with Gasteiger partial charge in [-0.25, -0.2) is 0 Å². The van der Waals surface area contributed by atoms with Crippen LogP contribution in [0.2, 0.25) is 0 Å². The normalized spacial score (nSPS) is 18.3. The van der Waals surface area contributed by atoms with Crippen LogP contribution in [-0.2, 0) is 10.2 Å². The fourth-order valence-corrected chi connectivity index (χ4v) is 4.16. The fourth-order valence-electron chi connectivity index (χ4n) is 4.16. The average molecular weight is 404 g/mol. The minimum Gasteiger partial charge on any atom is -0.338 e. The topological polar surface area (TPSA) is 61.8 Å². The molecule has 1 saturated heterocycles. The predicted molar refractivity (Wildman–Crippen MR) is 119 cm³/mol. The van der Waals surface area contributed by atoms with Gasteiger partial charge in [-0.05, 0) is 36.1 Å². The molecule has 2 aliphatic heterocycles. The van der Waals surface area contributed by atoms with Crippen LogP contribution in [0.1, 0.15) is 60.7 Å². The third kappa shape index (κ3) is 3.89. The Hall–Kier alpha value is -2.95. The lowest BCUT2D eigenvalue weighted by atomic mass is 9.86. The molecule has 2 amide bonds. The fraction of sp³-hybridized carbons (Fsp3) is 0.400. The van der Waals surface area contributed by atoms with E-state index in [9.17, 15) is 9.59 Å². The lowest BCUT2D eigenvalue weighted by Crippen LogP contribution is -2.52. The highest BCUT2D eigenvalue weighted by Gasteiger charge is 2.43. The summed E-state index contributed by atoms with van der Waals surface area (Å²) in [5, 5.41) is 3.08. The van der Waals surface area contributed by atoms with Gasteiger partial charge in [-0.3, -0.25) is 14.6 Å². The van der Waals surface area contributed by atoms with Crippen LogP contribution < -0.4 is 5.32 Å². The second kappa shape index (κ2) is 7.38. The number of amides is 2. The van der Waals surface area contributed by atoms with E-state index in [-0.39, 0.29) is 17.2 Å². The predicted octanol–water partition coefficient (Wildman–Crippen LogP) is 3.84. The molecule has 1 N–H and O–H groups in total. The molecule has 2 aliphatic rings. The van der Waals surface area contributed by atoms with Crippen molar-refractivity contribution >= 4 is 17.5 Å². The Bertz CT molecular complexity index is 1010. The van der Waals surface area contributed by atoms with Crippen LogP contribution in [0.3, 0.4) is 0 Å². The van der Waals surface area contributed by atoms with Gasteiger partial charge in [-0.15, -0.1) is 0 Å². The van der Waals surface area contributed by atoms with E-state index >= 15 is 0 Å². The number of nitrogens with one attached hydrogen (secondary N) is 1. The Morgan fingerprint density at radius 1 is 1.07 bits per heavy atom. The summed E-state index contributed by atoms with van der Waals surface area (Å²) in [4.78, 5) is 32.2. The maximum atomic E-state index is 13.0. The van der Waals surface area contributed by atoms with Gasteiger partial charge in [-0.2, -0.15) is 0 Å². The number of hydrogen-bond donors (Lipinski definition) is 1. The van der Waals surface area contributed by atoms with Crippen molar-refractivity contribution in [1.82, 2.24) is 10.2 Å². The number of nitrogens with zero attached hydrogens (tertiary/aromatic N) is 2. The Morgan fingerprint density at radius 2 is 1.73 bits per heavy atom. The van der Waals surface area contributed by atoms with E-state index in [0.717, 1.165) is 11.1 Å². The van der Waals surface area contributed by atoms with E-state index in [4.69, 9.17) is 4.99 Å². The summed E-state index contributed by atoms with van der Waals surface area (Å²) in [6, 6.07) is 15.8. The number of piperidine rings is 1. The summed E-state index contributed by atoms with van der Waals surface area (Å²) in [7, 11) is 0. The van der Waals surface area contributed by atoms with E-state index in [1.807, 2.05) is 60.4 Å². The van der Waals surface area contributed by atoms with E-state index < -0.39 is 5.66 Å². The zero-order valence-corrected chi connectivity index (χ0v) is 18.2. The van der Waals surface area contributed by atoms with Crippen LogP contribution in [0.4, 0.5) is 0 Å². The molecular weight excluding hydrogens is 374 g/mol. The number of carbonyl (C=O) groups excluding carboxylic acids is 2. The molecule has 0 unspecified atom stereocenters. The third-order valence-electron chi connectivity index (χ3n) is 6.05. The number of aryl methyl sites for hydroxylation is 1. The highest BCUT2D eigenvalue weighted by Crippen LogP contribution is 2.30. The first kappa shape index (κ1) is 20.3. The summed E-state index contributed by atoms with van der Waals surface area (Å²) in [5.41, 5.74) is 3.83. The summed E-state index contributed by atoms with van der Waals surface area (Å²) < 4.78 is 0. The summed E-state index contributed by atoms with van der Waals surface area (Å²) in [5.74, 6) is -0.0873. The van der Waals surface area contributed by atoms with Crippen LogP contribution in [0.15, 0.2) is 53.5 Å². The molecule has 0 aromatic heterocycles. The van der Waals surface area contributed by atoms with Gasteiger partial charge in [-0.1, -0.05) is 56.7 Å². The summed E-state index contributed by atoms with van der Waals surface area (Å²) in [6.45, 7) is 9.64. The number of rotatable bonds is 2. The van der Waals surface area contributed by atoms with E-state index in [0.29, 0.717) is 37.2 Å². The first-order chi connectivity index (χ1) is 14.2. The van der Waals surface area contributed by atoms with Gasteiger partial charge in [0.2, 0.25) is 0 Å². The number of aliphatic imine (C=N–C) groups is 1. The number of benzene rings is 2. The Labute approximate surface area is 178 Å². The van der Waals surface area contributed by atoms with Gasteiger partial charge < -0.3 is 10.2 Å². The van der Waals surface area contributed by atoms with E-state index in [1.54, 1.807) is 0 Å². The van der Waals surface area contributed by atoms with Crippen molar-refractivity contribution in [2.24, 2.45) is 4.99 Å². The summed E-state index contributed by atoms with van der Waals surface area (Å²) >= 11 is 0. The van der Waals surface area contributed by atoms with E-state index in [2.05, 4.69) is 26.1 Å². The number of likely N-dealkylation sites (tertiary alicyclic amines) is 1. The quantitative estimate of drug-likeness (QED) is 0.828. The first-order valence-electron chi connectivity index (χ1n) is 10.6. The third-order valence-corrected chi connectivity index (χ3v) is 6.05. The Morgan fingerprint density at radius 3 is 2.33 bits per heavy atom. The molecule has 1 fully saturated rings. The lowest BCUT2D eigenvalue weighted by molar-refractivity contribution is -0.115. The van der Waals surface area contributed by atoms with Crippen molar-refractivity contribution in [3.63, 3.8) is 0 Å². The molecule has 2 heterocycles.